The van der Waals surface area contributed by atoms with Crippen molar-refractivity contribution in [2.45, 2.75) is 20.3 Å². The largest absolute Gasteiger partial charge is 0.126 e. The molecule has 0 aliphatic rings. The van der Waals surface area contributed by atoms with Crippen molar-refractivity contribution in [2.24, 2.45) is 0 Å². The van der Waals surface area contributed by atoms with Gasteiger partial charge in [0, 0.05) is 5.88 Å². The lowest BCUT2D eigenvalue weighted by atomic mass is 9.99. The Kier molecular flexibility index (Phi) is 4.04. The van der Waals surface area contributed by atoms with Gasteiger partial charge in [-0.1, -0.05) is 35.9 Å². The molecule has 70 valence electrons. The highest BCUT2D eigenvalue weighted by Crippen LogP contribution is 2.22. The Labute approximate surface area is 85.2 Å². The minimum atomic E-state index is 0.690. The lowest BCUT2D eigenvalue weighted by molar-refractivity contribution is 1.20. The molecule has 0 radical (unpaired) electrons. The molecule has 0 aromatic heterocycles. The topological polar surface area (TPSA) is 0 Å². The third-order valence-corrected chi connectivity index (χ3v) is 2.26. The molecule has 1 aromatic rings. The fourth-order valence-electron chi connectivity index (χ4n) is 1.42. The van der Waals surface area contributed by atoms with Crippen molar-refractivity contribution < 1.29 is 0 Å². The van der Waals surface area contributed by atoms with E-state index in [0.29, 0.717) is 5.88 Å². The maximum atomic E-state index is 5.76. The van der Waals surface area contributed by atoms with Crippen LogP contribution in [-0.2, 0) is 0 Å². The van der Waals surface area contributed by atoms with Crippen LogP contribution in [0.1, 0.15) is 25.8 Å². The average Bonchev–Trinajstić information content (AvgIpc) is 2.15. The number of alkyl halides is 1. The second-order valence-corrected chi connectivity index (χ2v) is 3.66. The Hall–Kier alpha value is -0.750. The molecule has 0 atom stereocenters. The van der Waals surface area contributed by atoms with Gasteiger partial charge in [0.1, 0.15) is 0 Å². The van der Waals surface area contributed by atoms with Gasteiger partial charge in [-0.25, -0.2) is 0 Å². The normalized spacial score (nSPS) is 9.77. The van der Waals surface area contributed by atoms with Crippen LogP contribution in [0.5, 0.6) is 0 Å². The first-order valence-electron chi connectivity index (χ1n) is 4.53. The van der Waals surface area contributed by atoms with Gasteiger partial charge in [0.2, 0.25) is 0 Å². The quantitative estimate of drug-likeness (QED) is 0.636. The molecule has 0 bridgehead atoms. The molecule has 0 aliphatic heterocycles. The van der Waals surface area contributed by atoms with Gasteiger partial charge in [-0.15, -0.1) is 11.6 Å². The van der Waals surface area contributed by atoms with Crippen molar-refractivity contribution in [1.82, 2.24) is 0 Å². The van der Waals surface area contributed by atoms with E-state index < -0.39 is 0 Å². The van der Waals surface area contributed by atoms with Crippen LogP contribution in [0.15, 0.2) is 35.9 Å². The molecule has 0 heterocycles. The smallest absolute Gasteiger partial charge is 0.0264 e. The number of hydrogen-bond acceptors (Lipinski definition) is 0. The predicted molar refractivity (Wildman–Crippen MR) is 60.0 cm³/mol. The Balaban J connectivity index is 2.97. The average molecular weight is 195 g/mol. The maximum absolute atomic E-state index is 5.76. The van der Waals surface area contributed by atoms with Gasteiger partial charge in [-0.3, -0.25) is 0 Å². The lowest BCUT2D eigenvalue weighted by Gasteiger charge is -2.07. The van der Waals surface area contributed by atoms with E-state index in [9.17, 15) is 0 Å². The van der Waals surface area contributed by atoms with Crippen molar-refractivity contribution in [3.05, 3.63) is 41.5 Å². The van der Waals surface area contributed by atoms with Crippen LogP contribution in [0.2, 0.25) is 0 Å². The Bertz CT molecular complexity index is 281. The van der Waals surface area contributed by atoms with Crippen LogP contribution >= 0.6 is 11.6 Å². The molecule has 1 aromatic carbocycles. The van der Waals surface area contributed by atoms with Crippen LogP contribution in [0.25, 0.3) is 5.57 Å². The second-order valence-electron chi connectivity index (χ2n) is 3.28. The molecule has 0 N–H and O–H groups in total. The van der Waals surface area contributed by atoms with Crippen molar-refractivity contribution in [1.29, 1.82) is 0 Å². The number of hydrogen-bond donors (Lipinski definition) is 0. The van der Waals surface area contributed by atoms with Crippen LogP contribution in [0.3, 0.4) is 0 Å². The summed E-state index contributed by atoms with van der Waals surface area (Å²) < 4.78 is 0. The molecule has 0 nitrogen and oxygen atoms in total. The van der Waals surface area contributed by atoms with E-state index in [1.165, 1.54) is 16.7 Å². The Morgan fingerprint density at radius 3 is 2.23 bits per heavy atom. The fraction of sp³-hybridized carbons (Fsp3) is 0.333. The molecule has 0 saturated heterocycles. The molecule has 1 rings (SSSR count). The Morgan fingerprint density at radius 2 is 1.77 bits per heavy atom. The third kappa shape index (κ3) is 2.89. The summed E-state index contributed by atoms with van der Waals surface area (Å²) >= 11 is 5.76. The third-order valence-electron chi connectivity index (χ3n) is 2.07. The highest BCUT2D eigenvalue weighted by atomic mass is 35.5. The molecule has 0 spiro atoms. The molecule has 0 saturated carbocycles. The van der Waals surface area contributed by atoms with Crippen LogP contribution in [0.4, 0.5) is 0 Å². The summed E-state index contributed by atoms with van der Waals surface area (Å²) in [7, 11) is 0. The summed E-state index contributed by atoms with van der Waals surface area (Å²) in [5.41, 5.74) is 4.02. The first-order valence-corrected chi connectivity index (χ1v) is 5.07. The zero-order valence-electron chi connectivity index (χ0n) is 8.18. The highest BCUT2D eigenvalue weighted by molar-refractivity contribution is 6.18. The van der Waals surface area contributed by atoms with Crippen molar-refractivity contribution >= 4 is 17.2 Å². The van der Waals surface area contributed by atoms with Gasteiger partial charge in [-0.05, 0) is 31.4 Å². The summed E-state index contributed by atoms with van der Waals surface area (Å²) in [4.78, 5) is 0. The van der Waals surface area contributed by atoms with Gasteiger partial charge < -0.3 is 0 Å². The SMILES string of the molecule is CC(C)=C(CCCl)c1ccccc1. The minimum Gasteiger partial charge on any atom is -0.126 e. The summed E-state index contributed by atoms with van der Waals surface area (Å²) in [6, 6.07) is 10.4. The van der Waals surface area contributed by atoms with Crippen LogP contribution in [0, 0.1) is 0 Å². The molecule has 0 fully saturated rings. The van der Waals surface area contributed by atoms with Gasteiger partial charge in [-0.2, -0.15) is 0 Å². The lowest BCUT2D eigenvalue weighted by Crippen LogP contribution is -1.88. The number of benzene rings is 1. The van der Waals surface area contributed by atoms with E-state index in [-0.39, 0.29) is 0 Å². The highest BCUT2D eigenvalue weighted by Gasteiger charge is 2.01. The van der Waals surface area contributed by atoms with Gasteiger partial charge in [0.05, 0.1) is 0 Å². The summed E-state index contributed by atoms with van der Waals surface area (Å²) in [6.07, 6.45) is 0.952. The zero-order valence-corrected chi connectivity index (χ0v) is 8.93. The minimum absolute atomic E-state index is 0.690. The van der Waals surface area contributed by atoms with E-state index in [4.69, 9.17) is 11.6 Å². The van der Waals surface area contributed by atoms with Crippen molar-refractivity contribution in [2.75, 3.05) is 5.88 Å². The van der Waals surface area contributed by atoms with Gasteiger partial charge >= 0.3 is 0 Å². The number of allylic oxidation sites excluding steroid dienone is 2. The molecule has 0 aliphatic carbocycles. The number of halogens is 1. The standard InChI is InChI=1S/C12H15Cl/c1-10(2)12(8-9-13)11-6-4-3-5-7-11/h3-7H,8-9H2,1-2H3. The molecule has 0 unspecified atom stereocenters. The first kappa shape index (κ1) is 10.3. The van der Waals surface area contributed by atoms with Crippen LogP contribution in [-0.4, -0.2) is 5.88 Å². The predicted octanol–water partition coefficient (Wildman–Crippen LogP) is 4.11. The van der Waals surface area contributed by atoms with Gasteiger partial charge in [0.25, 0.3) is 0 Å². The van der Waals surface area contributed by atoms with E-state index in [1.807, 2.05) is 6.07 Å². The number of rotatable bonds is 3. The van der Waals surface area contributed by atoms with E-state index in [1.54, 1.807) is 0 Å². The van der Waals surface area contributed by atoms with E-state index in [0.717, 1.165) is 6.42 Å². The van der Waals surface area contributed by atoms with Gasteiger partial charge in [0.15, 0.2) is 0 Å². The molecular weight excluding hydrogens is 180 g/mol. The summed E-state index contributed by atoms with van der Waals surface area (Å²) in [5, 5.41) is 0. The van der Waals surface area contributed by atoms with Crippen molar-refractivity contribution in [3.63, 3.8) is 0 Å². The molecule has 1 heteroatoms. The Morgan fingerprint density at radius 1 is 1.15 bits per heavy atom. The summed E-state index contributed by atoms with van der Waals surface area (Å²) in [5.74, 6) is 0.690. The second kappa shape index (κ2) is 5.08. The zero-order chi connectivity index (χ0) is 9.68. The van der Waals surface area contributed by atoms with Crippen LogP contribution < -0.4 is 0 Å². The maximum Gasteiger partial charge on any atom is 0.0264 e. The summed E-state index contributed by atoms with van der Waals surface area (Å²) in [6.45, 7) is 4.27. The van der Waals surface area contributed by atoms with Crippen molar-refractivity contribution in [3.8, 4) is 0 Å². The fourth-order valence-corrected chi connectivity index (χ4v) is 1.61. The molecule has 13 heavy (non-hydrogen) atoms. The molecular formula is C12H15Cl. The monoisotopic (exact) mass is 194 g/mol. The molecule has 0 amide bonds. The van der Waals surface area contributed by atoms with E-state index >= 15 is 0 Å². The first-order chi connectivity index (χ1) is 6.25. The van der Waals surface area contributed by atoms with E-state index in [2.05, 4.69) is 38.1 Å².